The minimum Gasteiger partial charge on any atom is -0.486 e. The van der Waals surface area contributed by atoms with Crippen LogP contribution in [0.1, 0.15) is 18.9 Å². The summed E-state index contributed by atoms with van der Waals surface area (Å²) in [4.78, 5) is 10.6. The highest BCUT2D eigenvalue weighted by Gasteiger charge is 2.13. The molecule has 25 heavy (non-hydrogen) atoms. The molecular formula is C18H24N4O3. The van der Waals surface area contributed by atoms with Gasteiger partial charge in [0.25, 0.3) is 0 Å². The Labute approximate surface area is 147 Å². The summed E-state index contributed by atoms with van der Waals surface area (Å²) < 4.78 is 11.2. The monoisotopic (exact) mass is 344 g/mol. The molecule has 2 N–H and O–H groups in total. The number of aromatic nitrogens is 2. The van der Waals surface area contributed by atoms with Gasteiger partial charge in [-0.3, -0.25) is 0 Å². The molecule has 134 valence electrons. The maximum atomic E-state index is 9.32. The summed E-state index contributed by atoms with van der Waals surface area (Å²) in [5.41, 5.74) is 1.11. The normalized spacial score (nSPS) is 14.0. The van der Waals surface area contributed by atoms with Crippen molar-refractivity contribution in [2.45, 2.75) is 25.9 Å². The van der Waals surface area contributed by atoms with E-state index in [0.29, 0.717) is 25.6 Å². The predicted molar refractivity (Wildman–Crippen MR) is 96.4 cm³/mol. The zero-order chi connectivity index (χ0) is 17.6. The molecular weight excluding hydrogens is 320 g/mol. The number of ether oxygens (including phenoxy) is 2. The average Bonchev–Trinajstić information content (AvgIpc) is 2.66. The first kappa shape index (κ1) is 17.3. The summed E-state index contributed by atoms with van der Waals surface area (Å²) in [6.45, 7) is 3.95. The number of nitrogens with zero attached hydrogens (tertiary/aromatic N) is 3. The smallest absolute Gasteiger partial charge is 0.161 e. The molecule has 7 heteroatoms. The second-order valence-electron chi connectivity index (χ2n) is 6.03. The minimum atomic E-state index is -0.00847. The molecule has 0 spiro atoms. The van der Waals surface area contributed by atoms with Crippen molar-refractivity contribution >= 4 is 11.6 Å². The van der Waals surface area contributed by atoms with Gasteiger partial charge < -0.3 is 24.8 Å². The average molecular weight is 344 g/mol. The Bertz CT molecular complexity index is 706. The van der Waals surface area contributed by atoms with Crippen molar-refractivity contribution in [3.8, 4) is 11.5 Å². The van der Waals surface area contributed by atoms with Gasteiger partial charge in [-0.1, -0.05) is 13.0 Å². The van der Waals surface area contributed by atoms with Gasteiger partial charge in [-0.2, -0.15) is 0 Å². The molecule has 2 aromatic rings. The number of aliphatic hydroxyl groups is 1. The first-order valence-electron chi connectivity index (χ1n) is 8.48. The number of aliphatic hydroxyl groups excluding tert-OH is 1. The Morgan fingerprint density at radius 1 is 1.20 bits per heavy atom. The molecule has 0 aliphatic carbocycles. The zero-order valence-corrected chi connectivity index (χ0v) is 14.6. The molecule has 1 unspecified atom stereocenters. The van der Waals surface area contributed by atoms with E-state index in [1.807, 2.05) is 43.1 Å². The van der Waals surface area contributed by atoms with Crippen molar-refractivity contribution in [3.63, 3.8) is 0 Å². The van der Waals surface area contributed by atoms with Gasteiger partial charge in [0.2, 0.25) is 0 Å². The number of benzene rings is 1. The second kappa shape index (κ2) is 8.02. The third kappa shape index (κ3) is 4.30. The van der Waals surface area contributed by atoms with Crippen LogP contribution >= 0.6 is 0 Å². The molecule has 1 aliphatic rings. The lowest BCUT2D eigenvalue weighted by molar-refractivity contribution is 0.171. The predicted octanol–water partition coefficient (Wildman–Crippen LogP) is 2.07. The van der Waals surface area contributed by atoms with Crippen molar-refractivity contribution in [2.24, 2.45) is 0 Å². The van der Waals surface area contributed by atoms with Crippen LogP contribution in [0.3, 0.4) is 0 Å². The van der Waals surface area contributed by atoms with Crippen LogP contribution in [0, 0.1) is 0 Å². The highest BCUT2D eigenvalue weighted by atomic mass is 16.6. The minimum absolute atomic E-state index is 0.00847. The topological polar surface area (TPSA) is 79.7 Å². The van der Waals surface area contributed by atoms with Crippen LogP contribution in [0.15, 0.2) is 30.6 Å². The first-order valence-corrected chi connectivity index (χ1v) is 8.48. The lowest BCUT2D eigenvalue weighted by Gasteiger charge is -2.22. The maximum Gasteiger partial charge on any atom is 0.161 e. The van der Waals surface area contributed by atoms with Gasteiger partial charge in [0, 0.05) is 19.7 Å². The molecule has 3 rings (SSSR count). The second-order valence-corrected chi connectivity index (χ2v) is 6.03. The van der Waals surface area contributed by atoms with E-state index in [2.05, 4.69) is 15.3 Å². The Morgan fingerprint density at radius 3 is 2.76 bits per heavy atom. The van der Waals surface area contributed by atoms with E-state index in [1.165, 1.54) is 6.33 Å². The lowest BCUT2D eigenvalue weighted by atomic mass is 10.2. The zero-order valence-electron chi connectivity index (χ0n) is 14.6. The van der Waals surface area contributed by atoms with Crippen molar-refractivity contribution in [2.75, 3.05) is 37.1 Å². The van der Waals surface area contributed by atoms with Gasteiger partial charge in [-0.15, -0.1) is 0 Å². The van der Waals surface area contributed by atoms with E-state index in [4.69, 9.17) is 9.47 Å². The van der Waals surface area contributed by atoms with Crippen LogP contribution in [0.4, 0.5) is 11.6 Å². The number of hydrogen-bond acceptors (Lipinski definition) is 7. The Morgan fingerprint density at radius 2 is 2.00 bits per heavy atom. The molecule has 0 saturated carbocycles. The quantitative estimate of drug-likeness (QED) is 0.796. The van der Waals surface area contributed by atoms with Crippen LogP contribution in [0.5, 0.6) is 11.5 Å². The molecule has 0 saturated heterocycles. The molecule has 0 amide bonds. The third-order valence-electron chi connectivity index (χ3n) is 4.14. The summed E-state index contributed by atoms with van der Waals surface area (Å²) in [6, 6.07) is 7.85. The fraction of sp³-hybridized carbons (Fsp3) is 0.444. The number of rotatable bonds is 7. The number of fused-ring (bicyclic) bond motifs is 1. The van der Waals surface area contributed by atoms with E-state index < -0.39 is 0 Å². The molecule has 1 aliphatic heterocycles. The summed E-state index contributed by atoms with van der Waals surface area (Å²) in [7, 11) is 1.98. The van der Waals surface area contributed by atoms with Crippen LogP contribution < -0.4 is 19.7 Å². The molecule has 0 bridgehead atoms. The Kier molecular flexibility index (Phi) is 5.55. The number of nitrogens with one attached hydrogen (secondary N) is 1. The fourth-order valence-corrected chi connectivity index (χ4v) is 2.66. The summed E-state index contributed by atoms with van der Waals surface area (Å²) in [5, 5.41) is 12.5. The Hall–Kier alpha value is -2.54. The van der Waals surface area contributed by atoms with Gasteiger partial charge >= 0.3 is 0 Å². The number of hydrogen-bond donors (Lipinski definition) is 2. The van der Waals surface area contributed by atoms with Gasteiger partial charge in [0.15, 0.2) is 11.5 Å². The highest BCUT2D eigenvalue weighted by molar-refractivity contribution is 5.50. The molecule has 2 heterocycles. The lowest BCUT2D eigenvalue weighted by Crippen LogP contribution is -2.24. The third-order valence-corrected chi connectivity index (χ3v) is 4.14. The SMILES string of the molecule is CCC(CO)Nc1cc(N(C)Cc2ccc3c(c2)OCCO3)ncn1. The maximum absolute atomic E-state index is 9.32. The van der Waals surface area contributed by atoms with Gasteiger partial charge in [0.05, 0.1) is 12.6 Å². The largest absolute Gasteiger partial charge is 0.486 e. The van der Waals surface area contributed by atoms with E-state index in [0.717, 1.165) is 29.3 Å². The standard InChI is InChI=1S/C18H24N4O3/c1-3-14(11-23)21-17-9-18(20-12-19-17)22(2)10-13-4-5-15-16(8-13)25-7-6-24-15/h4-5,8-9,12,14,23H,3,6-7,10-11H2,1-2H3,(H,19,20,21). The van der Waals surface area contributed by atoms with Gasteiger partial charge in [-0.25, -0.2) is 9.97 Å². The van der Waals surface area contributed by atoms with E-state index in [-0.39, 0.29) is 12.6 Å². The fourth-order valence-electron chi connectivity index (χ4n) is 2.66. The van der Waals surface area contributed by atoms with E-state index >= 15 is 0 Å². The van der Waals surface area contributed by atoms with Crippen molar-refractivity contribution in [3.05, 3.63) is 36.2 Å². The van der Waals surface area contributed by atoms with Crippen LogP contribution in [0.25, 0.3) is 0 Å². The van der Waals surface area contributed by atoms with Crippen molar-refractivity contribution in [1.82, 2.24) is 9.97 Å². The van der Waals surface area contributed by atoms with E-state index in [9.17, 15) is 5.11 Å². The highest BCUT2D eigenvalue weighted by Crippen LogP contribution is 2.31. The van der Waals surface area contributed by atoms with E-state index in [1.54, 1.807) is 0 Å². The molecule has 1 aromatic carbocycles. The molecule has 0 fully saturated rings. The molecule has 1 aromatic heterocycles. The first-order chi connectivity index (χ1) is 12.2. The summed E-state index contributed by atoms with van der Waals surface area (Å²) in [5.74, 6) is 3.09. The molecule has 1 atom stereocenters. The molecule has 7 nitrogen and oxygen atoms in total. The summed E-state index contributed by atoms with van der Waals surface area (Å²) in [6.07, 6.45) is 2.35. The number of anilines is 2. The van der Waals surface area contributed by atoms with Crippen molar-refractivity contribution < 1.29 is 14.6 Å². The molecule has 0 radical (unpaired) electrons. The van der Waals surface area contributed by atoms with Gasteiger partial charge in [0.1, 0.15) is 31.2 Å². The van der Waals surface area contributed by atoms with Crippen LogP contribution in [-0.2, 0) is 6.54 Å². The Balaban J connectivity index is 1.69. The van der Waals surface area contributed by atoms with Crippen LogP contribution in [-0.4, -0.2) is 48.0 Å². The summed E-state index contributed by atoms with van der Waals surface area (Å²) >= 11 is 0. The van der Waals surface area contributed by atoms with Crippen LogP contribution in [0.2, 0.25) is 0 Å². The van der Waals surface area contributed by atoms with Gasteiger partial charge in [-0.05, 0) is 24.1 Å². The van der Waals surface area contributed by atoms with Crippen molar-refractivity contribution in [1.29, 1.82) is 0 Å².